The summed E-state index contributed by atoms with van der Waals surface area (Å²) < 4.78 is 7.64. The number of nitriles is 1. The van der Waals surface area contributed by atoms with Gasteiger partial charge in [-0.3, -0.25) is 4.79 Å². The van der Waals surface area contributed by atoms with E-state index >= 15 is 0 Å². The molecule has 2 aromatic heterocycles. The number of nitrogens with zero attached hydrogens (tertiary/aromatic N) is 4. The van der Waals surface area contributed by atoms with E-state index in [4.69, 9.17) is 4.74 Å². The minimum atomic E-state index is -0.251. The quantitative estimate of drug-likeness (QED) is 0.673. The van der Waals surface area contributed by atoms with Crippen LogP contribution in [0.15, 0.2) is 48.8 Å². The summed E-state index contributed by atoms with van der Waals surface area (Å²) in [7, 11) is 0. The van der Waals surface area contributed by atoms with Crippen LogP contribution in [-0.2, 0) is 10.3 Å². The number of ether oxygens (including phenoxy) is 1. The van der Waals surface area contributed by atoms with Crippen LogP contribution in [0.5, 0.6) is 11.6 Å². The van der Waals surface area contributed by atoms with Crippen LogP contribution in [-0.4, -0.2) is 26.4 Å². The number of anilines is 1. The van der Waals surface area contributed by atoms with Crippen molar-refractivity contribution >= 4 is 23.5 Å². The van der Waals surface area contributed by atoms with E-state index in [1.54, 1.807) is 30.1 Å². The Balaban J connectivity index is 1.64. The molecule has 0 bridgehead atoms. The van der Waals surface area contributed by atoms with Crippen LogP contribution < -0.4 is 10.1 Å². The zero-order valence-electron chi connectivity index (χ0n) is 16.9. The van der Waals surface area contributed by atoms with Crippen molar-refractivity contribution in [3.63, 3.8) is 0 Å². The zero-order valence-corrected chi connectivity index (χ0v) is 17.7. The SMILES string of the molecule is CC(C)(C)n1ncc2c1NC(=O)CS[C@@H]2c1ccc(Oc2ncccc2C#N)cc1. The topological polar surface area (TPSA) is 92.8 Å². The Morgan fingerprint density at radius 3 is 2.73 bits per heavy atom. The largest absolute Gasteiger partial charge is 0.438 e. The Labute approximate surface area is 179 Å². The molecule has 0 saturated heterocycles. The third kappa shape index (κ3) is 3.89. The lowest BCUT2D eigenvalue weighted by atomic mass is 10.1. The lowest BCUT2D eigenvalue weighted by molar-refractivity contribution is -0.113. The Bertz CT molecular complexity index is 1130. The van der Waals surface area contributed by atoms with Gasteiger partial charge in [0.05, 0.1) is 22.7 Å². The van der Waals surface area contributed by atoms with Crippen molar-refractivity contribution in [3.05, 3.63) is 65.5 Å². The molecule has 0 fully saturated rings. The summed E-state index contributed by atoms with van der Waals surface area (Å²) in [5.41, 5.74) is 2.15. The highest BCUT2D eigenvalue weighted by Gasteiger charge is 2.30. The fourth-order valence-corrected chi connectivity index (χ4v) is 4.35. The highest BCUT2D eigenvalue weighted by atomic mass is 32.2. The summed E-state index contributed by atoms with van der Waals surface area (Å²) in [5, 5.41) is 16.7. The van der Waals surface area contributed by atoms with Crippen LogP contribution in [0.1, 0.15) is 42.7 Å². The summed E-state index contributed by atoms with van der Waals surface area (Å²) in [5.74, 6) is 1.94. The van der Waals surface area contributed by atoms with Crippen LogP contribution in [0, 0.1) is 11.3 Å². The second kappa shape index (κ2) is 7.84. The standard InChI is InChI=1S/C22H21N5O2S/c1-22(2,3)27-20-17(12-25-27)19(30-13-18(28)26-20)14-6-8-16(9-7-14)29-21-15(11-23)5-4-10-24-21/h4-10,12,19H,13H2,1-3H3,(H,26,28)/t19-/m1/s1. The number of rotatable bonds is 3. The Morgan fingerprint density at radius 2 is 2.03 bits per heavy atom. The van der Waals surface area contributed by atoms with Crippen molar-refractivity contribution in [1.82, 2.24) is 14.8 Å². The van der Waals surface area contributed by atoms with Crippen molar-refractivity contribution in [2.45, 2.75) is 31.6 Å². The molecule has 4 rings (SSSR count). The lowest BCUT2D eigenvalue weighted by Gasteiger charge is -2.23. The third-order valence-corrected chi connectivity index (χ3v) is 5.93. The number of amides is 1. The Hall–Kier alpha value is -3.31. The summed E-state index contributed by atoms with van der Waals surface area (Å²) in [6.07, 6.45) is 3.42. The number of thioether (sulfide) groups is 1. The van der Waals surface area contributed by atoms with Gasteiger partial charge in [0.25, 0.3) is 0 Å². The zero-order chi connectivity index (χ0) is 21.3. The van der Waals surface area contributed by atoms with Gasteiger partial charge in [0.2, 0.25) is 11.8 Å². The van der Waals surface area contributed by atoms with Crippen LogP contribution in [0.4, 0.5) is 5.82 Å². The molecule has 0 spiro atoms. The average molecular weight is 420 g/mol. The van der Waals surface area contributed by atoms with Gasteiger partial charge in [-0.05, 0) is 50.6 Å². The highest BCUT2D eigenvalue weighted by molar-refractivity contribution is 8.00. The number of hydrogen-bond donors (Lipinski definition) is 1. The molecule has 3 aromatic rings. The van der Waals surface area contributed by atoms with Crippen molar-refractivity contribution in [2.75, 3.05) is 11.1 Å². The van der Waals surface area contributed by atoms with Gasteiger partial charge < -0.3 is 10.1 Å². The molecule has 0 aliphatic carbocycles. The maximum absolute atomic E-state index is 12.3. The molecule has 8 heteroatoms. The number of fused-ring (bicyclic) bond motifs is 1. The Kier molecular flexibility index (Phi) is 5.22. The smallest absolute Gasteiger partial charge is 0.237 e. The predicted octanol–water partition coefficient (Wildman–Crippen LogP) is 4.47. The molecule has 1 aliphatic rings. The number of hydrogen-bond acceptors (Lipinski definition) is 6. The summed E-state index contributed by atoms with van der Waals surface area (Å²) in [6.45, 7) is 6.16. The van der Waals surface area contributed by atoms with Gasteiger partial charge >= 0.3 is 0 Å². The first-order chi connectivity index (χ1) is 14.4. The third-order valence-electron chi connectivity index (χ3n) is 4.64. The maximum atomic E-state index is 12.3. The van der Waals surface area contributed by atoms with Gasteiger partial charge in [-0.1, -0.05) is 12.1 Å². The van der Waals surface area contributed by atoms with E-state index in [0.29, 0.717) is 17.1 Å². The first kappa shape index (κ1) is 20.0. The molecule has 1 atom stereocenters. The number of aromatic nitrogens is 3. The van der Waals surface area contributed by atoms with Crippen molar-refractivity contribution in [1.29, 1.82) is 5.26 Å². The maximum Gasteiger partial charge on any atom is 0.237 e. The second-order valence-electron chi connectivity index (χ2n) is 7.91. The monoisotopic (exact) mass is 419 g/mol. The number of carbonyl (C=O) groups is 1. The molecule has 1 aliphatic heterocycles. The van der Waals surface area contributed by atoms with E-state index in [9.17, 15) is 10.1 Å². The van der Waals surface area contributed by atoms with E-state index in [-0.39, 0.29) is 22.6 Å². The molecule has 30 heavy (non-hydrogen) atoms. The van der Waals surface area contributed by atoms with E-state index in [1.165, 1.54) is 0 Å². The van der Waals surface area contributed by atoms with Gasteiger partial charge in [0, 0.05) is 11.8 Å². The van der Waals surface area contributed by atoms with Gasteiger partial charge in [0.1, 0.15) is 23.2 Å². The molecular formula is C22H21N5O2S. The van der Waals surface area contributed by atoms with E-state index in [0.717, 1.165) is 16.9 Å². The highest BCUT2D eigenvalue weighted by Crippen LogP contribution is 2.43. The molecule has 1 aromatic carbocycles. The minimum Gasteiger partial charge on any atom is -0.438 e. The fraction of sp³-hybridized carbons (Fsp3) is 0.273. The number of carbonyl (C=O) groups excluding carboxylic acids is 1. The average Bonchev–Trinajstić information content (AvgIpc) is 3.06. The van der Waals surface area contributed by atoms with Crippen molar-refractivity contribution in [3.8, 4) is 17.7 Å². The molecule has 7 nitrogen and oxygen atoms in total. The van der Waals surface area contributed by atoms with Gasteiger partial charge in [-0.25, -0.2) is 9.67 Å². The van der Waals surface area contributed by atoms with E-state index < -0.39 is 0 Å². The fourth-order valence-electron chi connectivity index (χ4n) is 3.26. The van der Waals surface area contributed by atoms with Crippen molar-refractivity contribution < 1.29 is 9.53 Å². The molecule has 0 saturated carbocycles. The number of benzene rings is 1. The van der Waals surface area contributed by atoms with Gasteiger partial charge in [0.15, 0.2) is 0 Å². The molecule has 0 unspecified atom stereocenters. The van der Waals surface area contributed by atoms with E-state index in [2.05, 4.69) is 42.2 Å². The predicted molar refractivity (Wildman–Crippen MR) is 116 cm³/mol. The van der Waals surface area contributed by atoms with Crippen molar-refractivity contribution in [2.24, 2.45) is 0 Å². The molecule has 1 N–H and O–H groups in total. The molecule has 1 amide bonds. The van der Waals surface area contributed by atoms with E-state index in [1.807, 2.05) is 35.1 Å². The number of pyridine rings is 1. The first-order valence-corrected chi connectivity index (χ1v) is 10.5. The second-order valence-corrected chi connectivity index (χ2v) is 9.00. The van der Waals surface area contributed by atoms with Crippen LogP contribution >= 0.6 is 11.8 Å². The molecule has 3 heterocycles. The van der Waals surface area contributed by atoms with Gasteiger partial charge in [-0.15, -0.1) is 11.8 Å². The minimum absolute atomic E-state index is 0.0334. The Morgan fingerprint density at radius 1 is 1.27 bits per heavy atom. The lowest BCUT2D eigenvalue weighted by Crippen LogP contribution is -2.27. The van der Waals surface area contributed by atoms with Gasteiger partial charge in [-0.2, -0.15) is 10.4 Å². The molecule has 152 valence electrons. The normalized spacial score (nSPS) is 16.2. The summed E-state index contributed by atoms with van der Waals surface area (Å²) in [4.78, 5) is 16.4. The summed E-state index contributed by atoms with van der Waals surface area (Å²) >= 11 is 1.57. The molecule has 0 radical (unpaired) electrons. The first-order valence-electron chi connectivity index (χ1n) is 9.49. The van der Waals surface area contributed by atoms with Crippen LogP contribution in [0.2, 0.25) is 0 Å². The van der Waals surface area contributed by atoms with Crippen LogP contribution in [0.3, 0.4) is 0 Å². The number of nitrogens with one attached hydrogen (secondary N) is 1. The molecular weight excluding hydrogens is 398 g/mol. The summed E-state index contributed by atoms with van der Waals surface area (Å²) in [6, 6.07) is 13.1. The van der Waals surface area contributed by atoms with Crippen LogP contribution in [0.25, 0.3) is 0 Å².